The van der Waals surface area contributed by atoms with Gasteiger partial charge in [-0.3, -0.25) is 4.79 Å². The maximum atomic E-state index is 13.4. The predicted molar refractivity (Wildman–Crippen MR) is 145 cm³/mol. The Morgan fingerprint density at radius 2 is 2.03 bits per heavy atom. The van der Waals surface area contributed by atoms with Gasteiger partial charge < -0.3 is 29.7 Å². The second kappa shape index (κ2) is 12.5. The highest BCUT2D eigenvalue weighted by molar-refractivity contribution is 6.11. The Balaban J connectivity index is 1.71. The van der Waals surface area contributed by atoms with Crippen molar-refractivity contribution in [1.29, 1.82) is 5.26 Å². The monoisotopic (exact) mass is 532 g/mol. The zero-order valence-corrected chi connectivity index (χ0v) is 22.5. The molecule has 2 amide bonds. The number of rotatable bonds is 9. The van der Waals surface area contributed by atoms with Crippen molar-refractivity contribution in [2.24, 2.45) is 0 Å². The average Bonchev–Trinajstić information content (AvgIpc) is 3.12. The predicted octanol–water partition coefficient (Wildman–Crippen LogP) is 4.60. The maximum Gasteiger partial charge on any atom is 0.410 e. The summed E-state index contributed by atoms with van der Waals surface area (Å²) >= 11 is 0. The number of anilines is 2. The van der Waals surface area contributed by atoms with Crippen LogP contribution in [0.4, 0.5) is 16.3 Å². The van der Waals surface area contributed by atoms with E-state index in [1.165, 1.54) is 20.4 Å². The molecule has 204 valence electrons. The third-order valence-electron chi connectivity index (χ3n) is 6.23. The fraction of sp³-hybridized carbons (Fsp3) is 0.393. The van der Waals surface area contributed by atoms with Gasteiger partial charge in [-0.05, 0) is 44.4 Å². The molecule has 0 unspecified atom stereocenters. The number of aromatic nitrogens is 2. The number of para-hydroxylation sites is 1. The van der Waals surface area contributed by atoms with Crippen molar-refractivity contribution in [3.05, 3.63) is 58.9 Å². The quantitative estimate of drug-likeness (QED) is 0.379. The van der Waals surface area contributed by atoms with Crippen molar-refractivity contribution in [2.45, 2.75) is 45.6 Å². The highest BCUT2D eigenvalue weighted by Crippen LogP contribution is 2.28. The Morgan fingerprint density at radius 3 is 2.74 bits per heavy atom. The number of fused-ring (bicyclic) bond motifs is 1. The number of nitrogens with one attached hydrogen (secondary N) is 2. The van der Waals surface area contributed by atoms with Gasteiger partial charge in [0.1, 0.15) is 17.6 Å². The molecule has 11 nitrogen and oxygen atoms in total. The molecule has 2 aromatic heterocycles. The summed E-state index contributed by atoms with van der Waals surface area (Å²) in [5, 5.41) is 16.1. The van der Waals surface area contributed by atoms with Gasteiger partial charge in [-0.2, -0.15) is 5.26 Å². The lowest BCUT2D eigenvalue weighted by atomic mass is 10.0. The minimum Gasteiger partial charge on any atom is -0.449 e. The van der Waals surface area contributed by atoms with Crippen LogP contribution in [0.1, 0.15) is 60.2 Å². The largest absolute Gasteiger partial charge is 0.449 e. The van der Waals surface area contributed by atoms with Gasteiger partial charge in [0, 0.05) is 44.5 Å². The topological polar surface area (TPSA) is 139 Å². The molecule has 2 N–H and O–H groups in total. The minimum atomic E-state index is -0.812. The molecule has 0 atom stereocenters. The van der Waals surface area contributed by atoms with Gasteiger partial charge >= 0.3 is 6.09 Å². The van der Waals surface area contributed by atoms with Gasteiger partial charge in [-0.1, -0.05) is 12.1 Å². The van der Waals surface area contributed by atoms with Crippen molar-refractivity contribution < 1.29 is 23.8 Å². The SMILES string of the molecule is COC(OC)c1nc2c(C(=O)Nc3cc(NC(C)C)c(C#N)cn3)cccc2cc1CN1CCCCOC1=O. The number of hydrogen-bond donors (Lipinski definition) is 2. The first-order valence-electron chi connectivity index (χ1n) is 12.7. The number of benzene rings is 1. The van der Waals surface area contributed by atoms with E-state index in [0.29, 0.717) is 52.4 Å². The lowest BCUT2D eigenvalue weighted by Gasteiger charge is -2.23. The van der Waals surface area contributed by atoms with Crippen molar-refractivity contribution in [3.63, 3.8) is 0 Å². The molecule has 0 radical (unpaired) electrons. The summed E-state index contributed by atoms with van der Waals surface area (Å²) in [4.78, 5) is 36.6. The zero-order valence-electron chi connectivity index (χ0n) is 22.5. The molecule has 1 saturated heterocycles. The van der Waals surface area contributed by atoms with Crippen LogP contribution >= 0.6 is 0 Å². The summed E-state index contributed by atoms with van der Waals surface area (Å²) in [7, 11) is 3.00. The van der Waals surface area contributed by atoms with Gasteiger partial charge in [-0.25, -0.2) is 14.8 Å². The highest BCUT2D eigenvalue weighted by atomic mass is 16.7. The van der Waals surface area contributed by atoms with E-state index in [9.17, 15) is 14.9 Å². The van der Waals surface area contributed by atoms with Crippen LogP contribution in [0.15, 0.2) is 36.5 Å². The Labute approximate surface area is 227 Å². The number of carbonyl (C=O) groups excluding carboxylic acids is 2. The summed E-state index contributed by atoms with van der Waals surface area (Å²) in [6, 6.07) is 11.0. The Bertz CT molecular complexity index is 1400. The number of ether oxygens (including phenoxy) is 3. The molecule has 39 heavy (non-hydrogen) atoms. The van der Waals surface area contributed by atoms with Crippen molar-refractivity contribution >= 4 is 34.4 Å². The van der Waals surface area contributed by atoms with E-state index in [0.717, 1.165) is 18.4 Å². The number of methoxy groups -OCH3 is 2. The van der Waals surface area contributed by atoms with E-state index in [1.807, 2.05) is 26.0 Å². The number of hydrogen-bond acceptors (Lipinski definition) is 9. The fourth-order valence-corrected chi connectivity index (χ4v) is 4.41. The average molecular weight is 533 g/mol. The molecule has 1 aromatic carbocycles. The lowest BCUT2D eigenvalue weighted by molar-refractivity contribution is -0.109. The number of nitrogens with zero attached hydrogens (tertiary/aromatic N) is 4. The minimum absolute atomic E-state index is 0.0867. The third kappa shape index (κ3) is 6.42. The molecule has 3 aromatic rings. The highest BCUT2D eigenvalue weighted by Gasteiger charge is 2.25. The van der Waals surface area contributed by atoms with Crippen LogP contribution in [0.5, 0.6) is 0 Å². The summed E-state index contributed by atoms with van der Waals surface area (Å²) in [6.07, 6.45) is 1.88. The molecule has 3 heterocycles. The summed E-state index contributed by atoms with van der Waals surface area (Å²) < 4.78 is 16.3. The van der Waals surface area contributed by atoms with Crippen LogP contribution in [0, 0.1) is 11.3 Å². The van der Waals surface area contributed by atoms with Crippen molar-refractivity contribution in [1.82, 2.24) is 14.9 Å². The van der Waals surface area contributed by atoms with Crippen LogP contribution in [0.2, 0.25) is 0 Å². The van der Waals surface area contributed by atoms with Crippen molar-refractivity contribution in [2.75, 3.05) is 38.0 Å². The molecule has 0 saturated carbocycles. The van der Waals surface area contributed by atoms with Gasteiger partial charge in [0.05, 0.1) is 35.5 Å². The molecule has 4 rings (SSSR count). The smallest absolute Gasteiger partial charge is 0.410 e. The summed E-state index contributed by atoms with van der Waals surface area (Å²) in [6.45, 7) is 5.14. The zero-order chi connectivity index (χ0) is 27.9. The van der Waals surface area contributed by atoms with Gasteiger partial charge in [-0.15, -0.1) is 0 Å². The van der Waals surface area contributed by atoms with E-state index in [4.69, 9.17) is 19.2 Å². The molecule has 1 aliphatic heterocycles. The van der Waals surface area contributed by atoms with Crippen molar-refractivity contribution in [3.8, 4) is 6.07 Å². The van der Waals surface area contributed by atoms with Gasteiger partial charge in [0.2, 0.25) is 6.29 Å². The number of nitriles is 1. The Kier molecular flexibility index (Phi) is 8.91. The summed E-state index contributed by atoms with van der Waals surface area (Å²) in [5.41, 5.74) is 2.92. The molecule has 0 spiro atoms. The van der Waals surface area contributed by atoms with E-state index in [-0.39, 0.29) is 18.7 Å². The van der Waals surface area contributed by atoms with E-state index < -0.39 is 12.2 Å². The lowest BCUT2D eigenvalue weighted by Crippen LogP contribution is -2.31. The van der Waals surface area contributed by atoms with Crippen LogP contribution in [0.3, 0.4) is 0 Å². The molecule has 0 aliphatic carbocycles. The number of pyridine rings is 2. The Morgan fingerprint density at radius 1 is 1.23 bits per heavy atom. The second-order valence-electron chi connectivity index (χ2n) is 9.44. The maximum absolute atomic E-state index is 13.4. The van der Waals surface area contributed by atoms with Crippen LogP contribution in [-0.2, 0) is 20.8 Å². The van der Waals surface area contributed by atoms with E-state index in [2.05, 4.69) is 21.7 Å². The molecule has 0 bridgehead atoms. The molecule has 1 fully saturated rings. The second-order valence-corrected chi connectivity index (χ2v) is 9.44. The van der Waals surface area contributed by atoms with Gasteiger partial charge in [0.25, 0.3) is 5.91 Å². The number of carbonyl (C=O) groups is 2. The first-order chi connectivity index (χ1) is 18.8. The van der Waals surface area contributed by atoms with Gasteiger partial charge in [0.15, 0.2) is 0 Å². The fourth-order valence-electron chi connectivity index (χ4n) is 4.41. The standard InChI is InChI=1S/C28H32N6O5/c1-17(2)31-22-13-23(30-15-20(22)14-29)32-26(35)21-9-7-8-18-12-19(16-34-10-5-6-11-39-28(34)36)25(33-24(18)21)27(37-3)38-4/h7-9,12-13,15,17,27H,5-6,10-11,16H2,1-4H3,(H2,30,31,32,35). The number of cyclic esters (lactones) is 1. The van der Waals surface area contributed by atoms with Crippen LogP contribution in [0.25, 0.3) is 10.9 Å². The van der Waals surface area contributed by atoms with E-state index in [1.54, 1.807) is 23.1 Å². The normalized spacial score (nSPS) is 13.8. The number of amides is 2. The third-order valence-corrected chi connectivity index (χ3v) is 6.23. The first kappa shape index (κ1) is 27.8. The Hall–Kier alpha value is -4.27. The summed E-state index contributed by atoms with van der Waals surface area (Å²) in [5.74, 6) is -0.121. The van der Waals surface area contributed by atoms with Crippen LogP contribution in [-0.4, -0.2) is 60.3 Å². The van der Waals surface area contributed by atoms with Crippen LogP contribution < -0.4 is 10.6 Å². The molecule has 1 aliphatic rings. The molecular weight excluding hydrogens is 500 g/mol. The van der Waals surface area contributed by atoms with E-state index >= 15 is 0 Å². The molecule has 11 heteroatoms. The first-order valence-corrected chi connectivity index (χ1v) is 12.7. The molecular formula is C28H32N6O5.